The van der Waals surface area contributed by atoms with Crippen molar-refractivity contribution in [3.63, 3.8) is 0 Å². The smallest absolute Gasteiger partial charge is 0.0604 e. The Hall–Kier alpha value is -0.360. The van der Waals surface area contributed by atoms with Crippen molar-refractivity contribution in [2.24, 2.45) is 22.9 Å². The highest BCUT2D eigenvalue weighted by Gasteiger charge is 2.13. The fraction of sp³-hybridized carbons (Fsp3) is 1.00. The Balaban J connectivity index is 4.50. The Morgan fingerprint density at radius 1 is 0.643 bits per heavy atom. The molecule has 0 aromatic heterocycles. The minimum atomic E-state index is -0.346. The van der Waals surface area contributed by atoms with E-state index in [4.69, 9.17) is 22.9 Å². The lowest BCUT2D eigenvalue weighted by atomic mass is 10.2. The molecule has 9 heteroatoms. The predicted molar refractivity (Wildman–Crippen MR) is 121 cm³/mol. The Labute approximate surface area is 173 Å². The van der Waals surface area contributed by atoms with Gasteiger partial charge in [-0.25, -0.2) is 0 Å². The molecule has 0 bridgehead atoms. The largest absolute Gasteiger partial charge is 0.329 e. The Morgan fingerprint density at radius 2 is 1.14 bits per heavy atom. The molecule has 0 spiro atoms. The normalized spacial score (nSPS) is 12.6. The molecular formula is C19H49N9. The minimum absolute atomic E-state index is 0.346. The predicted octanol–water partition coefficient (Wildman–Crippen LogP) is -2.34. The molecule has 0 amide bonds. The van der Waals surface area contributed by atoms with Crippen LogP contribution >= 0.6 is 0 Å². The molecule has 0 rings (SSSR count). The highest BCUT2D eigenvalue weighted by molar-refractivity contribution is 4.72. The molecule has 28 heavy (non-hydrogen) atoms. The van der Waals surface area contributed by atoms with E-state index < -0.39 is 0 Å². The summed E-state index contributed by atoms with van der Waals surface area (Å²) in [5.41, 5.74) is 22.7. The lowest BCUT2D eigenvalue weighted by molar-refractivity contribution is 0.177. The van der Waals surface area contributed by atoms with Crippen molar-refractivity contribution in [1.82, 2.24) is 25.3 Å². The second kappa shape index (κ2) is 17.5. The Morgan fingerprint density at radius 3 is 1.61 bits per heavy atom. The number of likely N-dealkylation sites (N-methyl/N-ethyl adjacent to an activating group) is 1. The molecule has 0 unspecified atom stereocenters. The van der Waals surface area contributed by atoms with Gasteiger partial charge in [-0.3, -0.25) is 15.1 Å². The number of rotatable bonds is 20. The standard InChI is InChI=1S/C19H49N9/c1-4-26(13-9-24-8-5-20)15-16-28(14-10-25-19(2,3)23)18-17-27(11-6-21)12-7-22/h24-25H,4-18,20-23H2,1-3H3. The van der Waals surface area contributed by atoms with E-state index >= 15 is 0 Å². The zero-order valence-corrected chi connectivity index (χ0v) is 18.8. The van der Waals surface area contributed by atoms with Gasteiger partial charge in [-0.1, -0.05) is 6.92 Å². The van der Waals surface area contributed by atoms with Crippen molar-refractivity contribution >= 4 is 0 Å². The molecule has 0 aliphatic rings. The van der Waals surface area contributed by atoms with Gasteiger partial charge in [-0.05, 0) is 20.4 Å². The third-order valence-electron chi connectivity index (χ3n) is 4.74. The molecule has 0 aliphatic carbocycles. The third kappa shape index (κ3) is 16.6. The van der Waals surface area contributed by atoms with E-state index in [0.717, 1.165) is 78.5 Å². The van der Waals surface area contributed by atoms with Crippen LogP contribution in [0, 0.1) is 0 Å². The maximum absolute atomic E-state index is 6.06. The van der Waals surface area contributed by atoms with Gasteiger partial charge in [0.15, 0.2) is 0 Å². The average Bonchev–Trinajstić information content (AvgIpc) is 2.64. The molecule has 0 saturated carbocycles. The van der Waals surface area contributed by atoms with Crippen LogP contribution in [0.1, 0.15) is 20.8 Å². The van der Waals surface area contributed by atoms with Gasteiger partial charge in [-0.15, -0.1) is 0 Å². The lowest BCUT2D eigenvalue weighted by Crippen LogP contribution is -2.51. The monoisotopic (exact) mass is 403 g/mol. The number of nitrogens with one attached hydrogen (secondary N) is 2. The van der Waals surface area contributed by atoms with E-state index in [1.165, 1.54) is 0 Å². The van der Waals surface area contributed by atoms with Crippen molar-refractivity contribution < 1.29 is 0 Å². The van der Waals surface area contributed by atoms with Crippen LogP contribution in [-0.2, 0) is 0 Å². The summed E-state index contributed by atoms with van der Waals surface area (Å²) in [6.45, 7) is 19.9. The maximum atomic E-state index is 6.06. The van der Waals surface area contributed by atoms with E-state index in [0.29, 0.717) is 19.6 Å². The van der Waals surface area contributed by atoms with Gasteiger partial charge in [0.1, 0.15) is 0 Å². The molecule has 0 radical (unpaired) electrons. The van der Waals surface area contributed by atoms with Crippen LogP contribution in [0.3, 0.4) is 0 Å². The number of hydrogen-bond acceptors (Lipinski definition) is 9. The summed E-state index contributed by atoms with van der Waals surface area (Å²) in [7, 11) is 0. The van der Waals surface area contributed by atoms with Crippen LogP contribution < -0.4 is 33.6 Å². The first-order valence-electron chi connectivity index (χ1n) is 10.9. The van der Waals surface area contributed by atoms with Gasteiger partial charge < -0.3 is 33.2 Å². The van der Waals surface area contributed by atoms with Crippen molar-refractivity contribution in [3.05, 3.63) is 0 Å². The van der Waals surface area contributed by atoms with Crippen molar-refractivity contribution in [3.8, 4) is 0 Å². The zero-order chi connectivity index (χ0) is 21.3. The summed E-state index contributed by atoms with van der Waals surface area (Å²) >= 11 is 0. The van der Waals surface area contributed by atoms with E-state index in [1.807, 2.05) is 13.8 Å². The van der Waals surface area contributed by atoms with Crippen molar-refractivity contribution in [2.75, 3.05) is 98.2 Å². The van der Waals surface area contributed by atoms with Crippen LogP contribution in [0.4, 0.5) is 0 Å². The second-order valence-electron chi connectivity index (χ2n) is 7.88. The fourth-order valence-electron chi connectivity index (χ4n) is 3.03. The summed E-state index contributed by atoms with van der Waals surface area (Å²) < 4.78 is 0. The van der Waals surface area contributed by atoms with Gasteiger partial charge in [-0.2, -0.15) is 0 Å². The van der Waals surface area contributed by atoms with Gasteiger partial charge >= 0.3 is 0 Å². The molecule has 0 aromatic carbocycles. The summed E-state index contributed by atoms with van der Waals surface area (Å²) in [6, 6.07) is 0. The highest BCUT2D eigenvalue weighted by atomic mass is 15.2. The molecular weight excluding hydrogens is 354 g/mol. The second-order valence-corrected chi connectivity index (χ2v) is 7.88. The maximum Gasteiger partial charge on any atom is 0.0604 e. The zero-order valence-electron chi connectivity index (χ0n) is 18.8. The number of nitrogens with zero attached hydrogens (tertiary/aromatic N) is 3. The van der Waals surface area contributed by atoms with E-state index in [9.17, 15) is 0 Å². The molecule has 0 aromatic rings. The van der Waals surface area contributed by atoms with Crippen LogP contribution in [0.2, 0.25) is 0 Å². The number of hydrogen-bond donors (Lipinski definition) is 6. The van der Waals surface area contributed by atoms with Crippen molar-refractivity contribution in [1.29, 1.82) is 0 Å². The van der Waals surface area contributed by atoms with Crippen LogP contribution in [-0.4, -0.2) is 119 Å². The van der Waals surface area contributed by atoms with E-state index in [-0.39, 0.29) is 5.66 Å². The first-order chi connectivity index (χ1) is 13.4. The molecule has 10 N–H and O–H groups in total. The first kappa shape index (κ1) is 27.6. The van der Waals surface area contributed by atoms with Gasteiger partial charge in [0.05, 0.1) is 5.66 Å². The fourth-order valence-corrected chi connectivity index (χ4v) is 3.03. The molecule has 0 saturated heterocycles. The third-order valence-corrected chi connectivity index (χ3v) is 4.74. The molecule has 9 nitrogen and oxygen atoms in total. The molecule has 0 heterocycles. The Kier molecular flexibility index (Phi) is 17.3. The van der Waals surface area contributed by atoms with Gasteiger partial charge in [0.25, 0.3) is 0 Å². The molecule has 0 atom stereocenters. The summed E-state index contributed by atoms with van der Waals surface area (Å²) in [5.74, 6) is 0. The molecule has 170 valence electrons. The minimum Gasteiger partial charge on any atom is -0.329 e. The highest BCUT2D eigenvalue weighted by Crippen LogP contribution is 1.96. The SMILES string of the molecule is CCN(CCNCCN)CCN(CCNC(C)(C)N)CCN(CCN)CCN. The van der Waals surface area contributed by atoms with Gasteiger partial charge in [0.2, 0.25) is 0 Å². The van der Waals surface area contributed by atoms with Crippen LogP contribution in [0.5, 0.6) is 0 Å². The Bertz CT molecular complexity index is 330. The molecule has 0 aliphatic heterocycles. The van der Waals surface area contributed by atoms with E-state index in [2.05, 4.69) is 32.3 Å². The topological polar surface area (TPSA) is 138 Å². The number of nitrogens with two attached hydrogens (primary N) is 4. The van der Waals surface area contributed by atoms with Crippen LogP contribution in [0.15, 0.2) is 0 Å². The first-order valence-corrected chi connectivity index (χ1v) is 10.9. The molecule has 0 fully saturated rings. The summed E-state index contributed by atoms with van der Waals surface area (Å²) in [5, 5.41) is 6.76. The van der Waals surface area contributed by atoms with E-state index in [1.54, 1.807) is 0 Å². The summed E-state index contributed by atoms with van der Waals surface area (Å²) in [4.78, 5) is 7.34. The van der Waals surface area contributed by atoms with Crippen molar-refractivity contribution in [2.45, 2.75) is 26.4 Å². The lowest BCUT2D eigenvalue weighted by Gasteiger charge is -2.31. The summed E-state index contributed by atoms with van der Waals surface area (Å²) in [6.07, 6.45) is 0. The quantitative estimate of drug-likeness (QED) is 0.0975. The van der Waals surface area contributed by atoms with Crippen LogP contribution in [0.25, 0.3) is 0 Å². The average molecular weight is 404 g/mol. The van der Waals surface area contributed by atoms with Gasteiger partial charge in [0, 0.05) is 91.6 Å².